The van der Waals surface area contributed by atoms with E-state index in [-0.39, 0.29) is 20.0 Å². The van der Waals surface area contributed by atoms with Gasteiger partial charge < -0.3 is 23.5 Å². The zero-order chi connectivity index (χ0) is 18.6. The molecule has 2 aromatic carbocycles. The van der Waals surface area contributed by atoms with Crippen LogP contribution in [-0.4, -0.2) is 24.5 Å². The summed E-state index contributed by atoms with van der Waals surface area (Å²) < 4.78 is 26.4. The molecule has 0 atom stereocenters. The van der Waals surface area contributed by atoms with Crippen LogP contribution in [0.1, 0.15) is 5.69 Å². The third kappa shape index (κ3) is 4.15. The first-order chi connectivity index (χ1) is 13.2. The van der Waals surface area contributed by atoms with Crippen molar-refractivity contribution in [2.24, 2.45) is 0 Å². The van der Waals surface area contributed by atoms with Gasteiger partial charge in [-0.25, -0.2) is 4.79 Å². The molecule has 0 aliphatic carbocycles. The molecule has 0 bridgehead atoms. The Balaban J connectivity index is 1.30. The smallest absolute Gasteiger partial charge is 0.344 e. The third-order valence-corrected chi connectivity index (χ3v) is 4.02. The van der Waals surface area contributed by atoms with Crippen molar-refractivity contribution in [3.63, 3.8) is 0 Å². The van der Waals surface area contributed by atoms with Crippen molar-refractivity contribution in [3.8, 4) is 28.6 Å². The van der Waals surface area contributed by atoms with E-state index in [9.17, 15) is 4.79 Å². The largest absolute Gasteiger partial charge is 0.482 e. The van der Waals surface area contributed by atoms with Crippen molar-refractivity contribution in [2.45, 2.75) is 6.61 Å². The van der Waals surface area contributed by atoms with E-state index < -0.39 is 5.97 Å². The van der Waals surface area contributed by atoms with E-state index in [4.69, 9.17) is 35.1 Å². The number of nitrogens with zero attached hydrogens (tertiary/aromatic N) is 1. The van der Waals surface area contributed by atoms with Gasteiger partial charge >= 0.3 is 5.97 Å². The van der Waals surface area contributed by atoms with Crippen LogP contribution in [0.5, 0.6) is 17.2 Å². The molecule has 0 N–H and O–H groups in total. The number of hydrogen-bond donors (Lipinski definition) is 0. The van der Waals surface area contributed by atoms with Gasteiger partial charge in [-0.1, -0.05) is 16.8 Å². The number of ether oxygens (including phenoxy) is 4. The molecular weight excluding hydrogens is 374 g/mol. The maximum absolute atomic E-state index is 11.8. The lowest BCUT2D eigenvalue weighted by Crippen LogP contribution is -2.14. The quantitative estimate of drug-likeness (QED) is 0.594. The standard InChI is InChI=1S/C19H14ClNO6/c20-13-2-4-15(5-3-13)23-10-19(22)24-9-14-8-17(27-21-14)12-1-6-16-18(7-12)26-11-25-16/h1-8H,9-11H2. The summed E-state index contributed by atoms with van der Waals surface area (Å²) in [5, 5.41) is 4.50. The normalized spacial score (nSPS) is 12.0. The van der Waals surface area contributed by atoms with E-state index in [1.54, 1.807) is 42.5 Å². The fourth-order valence-electron chi connectivity index (χ4n) is 2.43. The number of benzene rings is 2. The summed E-state index contributed by atoms with van der Waals surface area (Å²) in [5.74, 6) is 1.89. The average Bonchev–Trinajstić information content (AvgIpc) is 3.34. The second-order valence-corrected chi connectivity index (χ2v) is 6.09. The van der Waals surface area contributed by atoms with E-state index in [1.807, 2.05) is 6.07 Å². The Morgan fingerprint density at radius 2 is 1.89 bits per heavy atom. The van der Waals surface area contributed by atoms with Crippen molar-refractivity contribution in [1.29, 1.82) is 0 Å². The molecule has 1 aromatic heterocycles. The highest BCUT2D eigenvalue weighted by Crippen LogP contribution is 2.36. The minimum Gasteiger partial charge on any atom is -0.482 e. The van der Waals surface area contributed by atoms with Crippen LogP contribution in [0.3, 0.4) is 0 Å². The summed E-state index contributed by atoms with van der Waals surface area (Å²) in [6, 6.07) is 13.8. The molecule has 0 spiro atoms. The summed E-state index contributed by atoms with van der Waals surface area (Å²) in [4.78, 5) is 11.8. The number of aromatic nitrogens is 1. The Labute approximate surface area is 159 Å². The molecule has 0 saturated carbocycles. The van der Waals surface area contributed by atoms with E-state index in [1.165, 1.54) is 0 Å². The van der Waals surface area contributed by atoms with Crippen LogP contribution in [0.2, 0.25) is 5.02 Å². The van der Waals surface area contributed by atoms with Crippen LogP contribution in [0, 0.1) is 0 Å². The number of carbonyl (C=O) groups excluding carboxylic acids is 1. The van der Waals surface area contributed by atoms with Crippen LogP contribution >= 0.6 is 11.6 Å². The molecule has 0 unspecified atom stereocenters. The van der Waals surface area contributed by atoms with E-state index >= 15 is 0 Å². The van der Waals surface area contributed by atoms with Gasteiger partial charge in [0, 0.05) is 16.7 Å². The Bertz CT molecular complexity index is 953. The summed E-state index contributed by atoms with van der Waals surface area (Å²) in [5.41, 5.74) is 1.28. The van der Waals surface area contributed by atoms with Crippen LogP contribution in [0.25, 0.3) is 11.3 Å². The molecule has 0 amide bonds. The molecule has 0 radical (unpaired) electrons. The SMILES string of the molecule is O=C(COc1ccc(Cl)cc1)OCc1cc(-c2ccc3c(c2)OCO3)on1. The van der Waals surface area contributed by atoms with E-state index in [2.05, 4.69) is 5.16 Å². The van der Waals surface area contributed by atoms with Gasteiger partial charge in [-0.3, -0.25) is 0 Å². The number of carbonyl (C=O) groups is 1. The van der Waals surface area contributed by atoms with Crippen LogP contribution < -0.4 is 14.2 Å². The summed E-state index contributed by atoms with van der Waals surface area (Å²) in [7, 11) is 0. The van der Waals surface area contributed by atoms with Gasteiger partial charge in [-0.05, 0) is 42.5 Å². The second-order valence-electron chi connectivity index (χ2n) is 5.65. The predicted molar refractivity (Wildman–Crippen MR) is 94.8 cm³/mol. The lowest BCUT2D eigenvalue weighted by molar-refractivity contribution is -0.147. The predicted octanol–water partition coefficient (Wildman–Crippen LogP) is 3.85. The Morgan fingerprint density at radius 1 is 1.07 bits per heavy atom. The van der Waals surface area contributed by atoms with Gasteiger partial charge in [0.05, 0.1) is 0 Å². The van der Waals surface area contributed by atoms with Gasteiger partial charge in [-0.15, -0.1) is 0 Å². The number of fused-ring (bicyclic) bond motifs is 1. The number of halogens is 1. The highest BCUT2D eigenvalue weighted by atomic mass is 35.5. The molecule has 0 saturated heterocycles. The molecular formula is C19H14ClNO6. The van der Waals surface area contributed by atoms with Crippen LogP contribution in [0.4, 0.5) is 0 Å². The molecule has 8 heteroatoms. The fraction of sp³-hybridized carbons (Fsp3) is 0.158. The minimum atomic E-state index is -0.516. The first-order valence-corrected chi connectivity index (χ1v) is 8.45. The Kier molecular flexibility index (Phi) is 4.84. The average molecular weight is 388 g/mol. The van der Waals surface area contributed by atoms with Gasteiger partial charge in [0.2, 0.25) is 6.79 Å². The van der Waals surface area contributed by atoms with E-state index in [0.717, 1.165) is 5.56 Å². The molecule has 4 rings (SSSR count). The van der Waals surface area contributed by atoms with Crippen LogP contribution in [-0.2, 0) is 16.1 Å². The highest BCUT2D eigenvalue weighted by molar-refractivity contribution is 6.30. The molecule has 2 heterocycles. The number of hydrogen-bond acceptors (Lipinski definition) is 7. The molecule has 7 nitrogen and oxygen atoms in total. The Morgan fingerprint density at radius 3 is 2.74 bits per heavy atom. The molecule has 0 fully saturated rings. The van der Waals surface area contributed by atoms with E-state index in [0.29, 0.717) is 33.7 Å². The second kappa shape index (κ2) is 7.59. The van der Waals surface area contributed by atoms with Crippen molar-refractivity contribution >= 4 is 17.6 Å². The van der Waals surface area contributed by atoms with Gasteiger partial charge in [0.15, 0.2) is 23.9 Å². The lowest BCUT2D eigenvalue weighted by atomic mass is 10.1. The first kappa shape index (κ1) is 17.2. The maximum Gasteiger partial charge on any atom is 0.344 e. The maximum atomic E-state index is 11.8. The lowest BCUT2D eigenvalue weighted by Gasteiger charge is -2.05. The first-order valence-electron chi connectivity index (χ1n) is 8.07. The van der Waals surface area contributed by atoms with Gasteiger partial charge in [0.1, 0.15) is 18.1 Å². The molecule has 1 aliphatic heterocycles. The zero-order valence-electron chi connectivity index (χ0n) is 14.0. The zero-order valence-corrected chi connectivity index (χ0v) is 14.8. The monoisotopic (exact) mass is 387 g/mol. The number of esters is 1. The molecule has 1 aliphatic rings. The number of rotatable bonds is 6. The summed E-state index contributed by atoms with van der Waals surface area (Å²) >= 11 is 5.79. The van der Waals surface area contributed by atoms with Crippen molar-refractivity contribution < 1.29 is 28.3 Å². The van der Waals surface area contributed by atoms with Crippen LogP contribution in [0.15, 0.2) is 53.1 Å². The van der Waals surface area contributed by atoms with Gasteiger partial charge in [0.25, 0.3) is 0 Å². The summed E-state index contributed by atoms with van der Waals surface area (Å²) in [6.45, 7) is -0.0279. The molecule has 27 heavy (non-hydrogen) atoms. The fourth-order valence-corrected chi connectivity index (χ4v) is 2.56. The topological polar surface area (TPSA) is 80.0 Å². The Hall–Kier alpha value is -3.19. The minimum absolute atomic E-state index is 0.0170. The molecule has 138 valence electrons. The summed E-state index contributed by atoms with van der Waals surface area (Å²) in [6.07, 6.45) is 0. The van der Waals surface area contributed by atoms with Crippen molar-refractivity contribution in [2.75, 3.05) is 13.4 Å². The van der Waals surface area contributed by atoms with Crippen molar-refractivity contribution in [1.82, 2.24) is 5.16 Å². The highest BCUT2D eigenvalue weighted by Gasteiger charge is 2.16. The molecule has 3 aromatic rings. The van der Waals surface area contributed by atoms with Crippen molar-refractivity contribution in [3.05, 3.63) is 59.2 Å². The van der Waals surface area contributed by atoms with Gasteiger partial charge in [-0.2, -0.15) is 0 Å². The third-order valence-electron chi connectivity index (χ3n) is 3.77.